The molecule has 0 aliphatic heterocycles. The van der Waals surface area contributed by atoms with Crippen LogP contribution in [0.25, 0.3) is 27.6 Å². The molecule has 2 heterocycles. The average Bonchev–Trinajstić information content (AvgIpc) is 3.53. The summed E-state index contributed by atoms with van der Waals surface area (Å²) >= 11 is 3.31. The third-order valence-electron chi connectivity index (χ3n) is 5.93. The molecule has 2 aromatic heterocycles. The zero-order chi connectivity index (χ0) is 29.1. The van der Waals surface area contributed by atoms with E-state index in [1.807, 2.05) is 12.1 Å². The molecule has 3 aromatic carbocycles. The summed E-state index contributed by atoms with van der Waals surface area (Å²) in [7, 11) is -3.71. The van der Waals surface area contributed by atoms with Crippen LogP contribution in [0.2, 0.25) is 0 Å². The summed E-state index contributed by atoms with van der Waals surface area (Å²) in [5.74, 6) is -0.666. The number of carbonyl (C=O) groups is 1. The number of para-hydroxylation sites is 1. The van der Waals surface area contributed by atoms with Gasteiger partial charge in [-0.1, -0.05) is 39.3 Å². The fourth-order valence-corrected chi connectivity index (χ4v) is 6.22. The van der Waals surface area contributed by atoms with Crippen molar-refractivity contribution in [1.82, 2.24) is 30.3 Å². The summed E-state index contributed by atoms with van der Waals surface area (Å²) in [5.41, 5.74) is 2.56. The van der Waals surface area contributed by atoms with Gasteiger partial charge in [0.25, 0.3) is 0 Å². The molecule has 0 aliphatic rings. The summed E-state index contributed by atoms with van der Waals surface area (Å²) in [4.78, 5) is 12.4. The molecule has 41 heavy (non-hydrogen) atoms. The largest absolute Gasteiger partial charge is 0.462 e. The van der Waals surface area contributed by atoms with Crippen LogP contribution in [0.4, 0.5) is 4.39 Å². The van der Waals surface area contributed by atoms with Crippen molar-refractivity contribution in [2.75, 3.05) is 6.35 Å². The van der Waals surface area contributed by atoms with E-state index in [1.54, 1.807) is 63.2 Å². The Morgan fingerprint density at radius 2 is 1.93 bits per heavy atom. The first-order valence-corrected chi connectivity index (χ1v) is 15.3. The number of rotatable bonds is 11. The minimum Gasteiger partial charge on any atom is -0.462 e. The van der Waals surface area contributed by atoms with Crippen molar-refractivity contribution in [1.29, 1.82) is 0 Å². The van der Waals surface area contributed by atoms with Gasteiger partial charge in [0.2, 0.25) is 0 Å². The monoisotopic (exact) mass is 644 g/mol. The highest BCUT2D eigenvalue weighted by Gasteiger charge is 2.31. The third-order valence-corrected chi connectivity index (χ3v) is 8.20. The minimum absolute atomic E-state index is 0.0366. The zero-order valence-electron chi connectivity index (χ0n) is 22.4. The van der Waals surface area contributed by atoms with E-state index in [0.717, 1.165) is 5.39 Å². The number of halogens is 2. The third kappa shape index (κ3) is 6.65. The van der Waals surface area contributed by atoms with Crippen molar-refractivity contribution in [3.05, 3.63) is 76.6 Å². The molecule has 0 fully saturated rings. The average molecular weight is 645 g/mol. The molecule has 214 valence electrons. The number of hydrogen-bond acceptors (Lipinski definition) is 8. The van der Waals surface area contributed by atoms with E-state index >= 15 is 0 Å². The molecule has 5 aromatic rings. The van der Waals surface area contributed by atoms with Gasteiger partial charge in [-0.15, -0.1) is 5.10 Å². The van der Waals surface area contributed by atoms with Crippen LogP contribution in [-0.2, 0) is 25.4 Å². The van der Waals surface area contributed by atoms with Crippen molar-refractivity contribution >= 4 is 51.4 Å². The normalized spacial score (nSPS) is 13.9. The Hall–Kier alpha value is -3.64. The van der Waals surface area contributed by atoms with Gasteiger partial charge in [0.15, 0.2) is 5.82 Å². The highest BCUT2D eigenvalue weighted by molar-refractivity contribution is 9.10. The number of benzene rings is 3. The van der Waals surface area contributed by atoms with E-state index in [4.69, 9.17) is 14.0 Å². The summed E-state index contributed by atoms with van der Waals surface area (Å²) in [6, 6.07) is 16.2. The Balaban J connectivity index is 1.32. The van der Waals surface area contributed by atoms with Crippen molar-refractivity contribution < 1.29 is 27.7 Å². The lowest BCUT2D eigenvalue weighted by atomic mass is 10.2. The fraction of sp³-hybridized carbons (Fsp3) is 0.259. The van der Waals surface area contributed by atoms with E-state index in [9.17, 15) is 13.8 Å². The maximum absolute atomic E-state index is 14.3. The van der Waals surface area contributed by atoms with Crippen molar-refractivity contribution in [3.63, 3.8) is 0 Å². The van der Waals surface area contributed by atoms with E-state index in [1.165, 1.54) is 10.7 Å². The maximum atomic E-state index is 14.3. The van der Waals surface area contributed by atoms with E-state index in [0.29, 0.717) is 32.6 Å². The topological polar surface area (TPSA) is 133 Å². The number of ether oxygens (including phenoxy) is 2. The molecule has 11 nitrogen and oxygen atoms in total. The van der Waals surface area contributed by atoms with Crippen LogP contribution in [0, 0.1) is 5.82 Å². The second kappa shape index (κ2) is 12.1. The number of nitrogens with zero attached hydrogens (tertiary/aromatic N) is 4. The van der Waals surface area contributed by atoms with Crippen LogP contribution < -0.4 is 9.61 Å². The van der Waals surface area contributed by atoms with Crippen molar-refractivity contribution in [2.24, 2.45) is 0 Å². The number of esters is 1. The molecule has 0 amide bonds. The van der Waals surface area contributed by atoms with Gasteiger partial charge >= 0.3 is 13.5 Å². The summed E-state index contributed by atoms with van der Waals surface area (Å²) in [5, 5.41) is 18.9. The standard InChI is InChI=1S/C27H27BrFN6O5P/c1-16(2)39-27(36)17(3)33-41(37,40-20-7-5-4-6-8-20)15-38-14-24-21-10-9-19(13-23(21)30-31-24)35-25-12-18(28)11-22(29)26(25)32-34-35/h4-13,16-17H,14-15H2,1-3H3,(H,30,31)(H,33,37)/t17-,41?/m1/s1. The number of hydrogen-bond donors (Lipinski definition) is 2. The molecule has 2 N–H and O–H groups in total. The molecule has 0 bridgehead atoms. The number of aromatic amines is 1. The van der Waals surface area contributed by atoms with Gasteiger partial charge in [-0.25, -0.2) is 14.2 Å². The fourth-order valence-electron chi connectivity index (χ4n) is 4.13. The van der Waals surface area contributed by atoms with Gasteiger partial charge in [-0.3, -0.25) is 14.5 Å². The van der Waals surface area contributed by atoms with Gasteiger partial charge in [0.05, 0.1) is 35.1 Å². The molecular weight excluding hydrogens is 618 g/mol. The first kappa shape index (κ1) is 28.9. The highest BCUT2D eigenvalue weighted by Crippen LogP contribution is 2.44. The number of H-pyrrole nitrogens is 1. The lowest BCUT2D eigenvalue weighted by Crippen LogP contribution is -2.36. The van der Waals surface area contributed by atoms with Gasteiger partial charge in [-0.2, -0.15) is 5.10 Å². The Morgan fingerprint density at radius 1 is 1.15 bits per heavy atom. The number of aromatic nitrogens is 5. The molecule has 0 spiro atoms. The minimum atomic E-state index is -3.71. The predicted octanol–water partition coefficient (Wildman–Crippen LogP) is 5.87. The molecule has 0 saturated carbocycles. The first-order chi connectivity index (χ1) is 19.6. The number of carbonyl (C=O) groups excluding carboxylic acids is 1. The van der Waals surface area contributed by atoms with Crippen molar-refractivity contribution in [3.8, 4) is 11.4 Å². The predicted molar refractivity (Wildman–Crippen MR) is 154 cm³/mol. The number of fused-ring (bicyclic) bond motifs is 2. The summed E-state index contributed by atoms with van der Waals surface area (Å²) < 4.78 is 47.0. The molecule has 5 rings (SSSR count). The SMILES string of the molecule is CC(C)OC(=O)[C@@H](C)NP(=O)(COCc1[nH]nc2cc(-n3nnc4c(F)cc(Br)cc43)ccc12)Oc1ccccc1. The second-order valence-corrected chi connectivity index (χ2v) is 12.5. The van der Waals surface area contributed by atoms with Gasteiger partial charge in [-0.05, 0) is 63.2 Å². The molecular formula is C27H27BrFN6O5P. The molecule has 2 atom stereocenters. The van der Waals surface area contributed by atoms with Crippen LogP contribution in [0.3, 0.4) is 0 Å². The summed E-state index contributed by atoms with van der Waals surface area (Å²) in [6.45, 7) is 5.06. The van der Waals surface area contributed by atoms with Gasteiger partial charge in [0.1, 0.15) is 23.7 Å². The Morgan fingerprint density at radius 3 is 2.68 bits per heavy atom. The van der Waals surface area contributed by atoms with Crippen LogP contribution in [0.5, 0.6) is 5.75 Å². The van der Waals surface area contributed by atoms with Gasteiger partial charge in [0, 0.05) is 9.86 Å². The van der Waals surface area contributed by atoms with Crippen molar-refractivity contribution in [2.45, 2.75) is 39.5 Å². The van der Waals surface area contributed by atoms with E-state index in [-0.39, 0.29) is 24.6 Å². The Bertz CT molecular complexity index is 1740. The molecule has 0 radical (unpaired) electrons. The van der Waals surface area contributed by atoms with Crippen LogP contribution in [0.1, 0.15) is 26.5 Å². The molecule has 1 unspecified atom stereocenters. The molecule has 14 heteroatoms. The van der Waals surface area contributed by atoms with Crippen LogP contribution in [0.15, 0.2) is 65.1 Å². The first-order valence-electron chi connectivity index (χ1n) is 12.7. The lowest BCUT2D eigenvalue weighted by molar-refractivity contribution is -0.149. The zero-order valence-corrected chi connectivity index (χ0v) is 24.9. The Labute approximate surface area is 243 Å². The maximum Gasteiger partial charge on any atom is 0.342 e. The van der Waals surface area contributed by atoms with Crippen LogP contribution in [-0.4, -0.2) is 49.7 Å². The molecule has 0 saturated heterocycles. The molecule has 0 aliphatic carbocycles. The second-order valence-electron chi connectivity index (χ2n) is 9.55. The highest BCUT2D eigenvalue weighted by atomic mass is 79.9. The number of nitrogens with one attached hydrogen (secondary N) is 2. The quantitative estimate of drug-likeness (QED) is 0.134. The smallest absolute Gasteiger partial charge is 0.342 e. The van der Waals surface area contributed by atoms with E-state index < -0.39 is 25.3 Å². The van der Waals surface area contributed by atoms with Gasteiger partial charge < -0.3 is 14.0 Å². The van der Waals surface area contributed by atoms with E-state index in [2.05, 4.69) is 41.5 Å². The summed E-state index contributed by atoms with van der Waals surface area (Å²) in [6.07, 6.45) is -0.650. The van der Waals surface area contributed by atoms with Crippen LogP contribution >= 0.6 is 23.4 Å². The lowest BCUT2D eigenvalue weighted by Gasteiger charge is -2.24. The Kier molecular flexibility index (Phi) is 8.50.